The van der Waals surface area contributed by atoms with E-state index in [-0.39, 0.29) is 0 Å². The van der Waals surface area contributed by atoms with Gasteiger partial charge < -0.3 is 9.32 Å². The number of anilines is 3. The molecule has 0 amide bonds. The fourth-order valence-corrected chi connectivity index (χ4v) is 9.83. The average Bonchev–Trinajstić information content (AvgIpc) is 3.91. The van der Waals surface area contributed by atoms with Gasteiger partial charge in [-0.25, -0.2) is 0 Å². The minimum atomic E-state index is -0.424. The van der Waals surface area contributed by atoms with E-state index < -0.39 is 5.41 Å². The molecule has 1 heterocycles. The molecule has 0 saturated carbocycles. The molecule has 2 nitrogen and oxygen atoms in total. The van der Waals surface area contributed by atoms with Crippen molar-refractivity contribution in [1.29, 1.82) is 0 Å². The molecular weight excluding hydrogens is 691 g/mol. The summed E-state index contributed by atoms with van der Waals surface area (Å²) in [5, 5.41) is 2.27. The van der Waals surface area contributed by atoms with Gasteiger partial charge in [-0.05, 0) is 121 Å². The average molecular weight is 726 g/mol. The molecule has 0 bridgehead atoms. The van der Waals surface area contributed by atoms with Crippen LogP contribution in [-0.4, -0.2) is 0 Å². The quantitative estimate of drug-likeness (QED) is 0.176. The highest BCUT2D eigenvalue weighted by Crippen LogP contribution is 2.63. The van der Waals surface area contributed by atoms with Gasteiger partial charge in [0.15, 0.2) is 0 Å². The van der Waals surface area contributed by atoms with E-state index in [4.69, 9.17) is 4.42 Å². The fourth-order valence-electron chi connectivity index (χ4n) is 9.83. The van der Waals surface area contributed by atoms with Crippen LogP contribution in [-0.2, 0) is 5.41 Å². The number of rotatable bonds is 5. The zero-order valence-electron chi connectivity index (χ0n) is 31.1. The van der Waals surface area contributed by atoms with E-state index in [1.807, 2.05) is 12.1 Å². The normalized spacial score (nSPS) is 13.1. The van der Waals surface area contributed by atoms with Gasteiger partial charge in [0, 0.05) is 27.8 Å². The lowest BCUT2D eigenvalue weighted by atomic mass is 9.70. The molecule has 0 saturated heterocycles. The molecule has 0 fully saturated rings. The highest BCUT2D eigenvalue weighted by atomic mass is 16.3. The van der Waals surface area contributed by atoms with Crippen molar-refractivity contribution in [3.8, 4) is 44.5 Å². The molecule has 0 unspecified atom stereocenters. The minimum Gasteiger partial charge on any atom is -0.456 e. The fraction of sp³-hybridized carbons (Fsp3) is 0.0182. The molecule has 57 heavy (non-hydrogen) atoms. The molecule has 0 atom stereocenters. The number of nitrogens with zero attached hydrogens (tertiary/aromatic N) is 1. The Labute approximate surface area is 331 Å². The maximum Gasteiger partial charge on any atom is 0.135 e. The Morgan fingerprint density at radius 3 is 1.53 bits per heavy atom. The van der Waals surface area contributed by atoms with Gasteiger partial charge in [-0.3, -0.25) is 0 Å². The molecule has 1 spiro atoms. The second-order valence-corrected chi connectivity index (χ2v) is 15.2. The molecule has 0 aliphatic heterocycles. The first-order valence-corrected chi connectivity index (χ1v) is 19.7. The molecule has 0 radical (unpaired) electrons. The topological polar surface area (TPSA) is 16.4 Å². The third kappa shape index (κ3) is 4.65. The highest BCUT2D eigenvalue weighted by molar-refractivity contribution is 6.06. The lowest BCUT2D eigenvalue weighted by molar-refractivity contribution is 0.669. The first-order valence-electron chi connectivity index (χ1n) is 19.7. The van der Waals surface area contributed by atoms with Crippen molar-refractivity contribution in [1.82, 2.24) is 0 Å². The maximum absolute atomic E-state index is 6.15. The van der Waals surface area contributed by atoms with E-state index in [9.17, 15) is 0 Å². The van der Waals surface area contributed by atoms with Crippen molar-refractivity contribution in [3.05, 3.63) is 235 Å². The second-order valence-electron chi connectivity index (χ2n) is 15.2. The molecule has 2 aliphatic carbocycles. The van der Waals surface area contributed by atoms with E-state index >= 15 is 0 Å². The van der Waals surface area contributed by atoms with Gasteiger partial charge >= 0.3 is 0 Å². The molecule has 0 N–H and O–H groups in total. The number of furan rings is 1. The summed E-state index contributed by atoms with van der Waals surface area (Å²) in [6.45, 7) is 0. The van der Waals surface area contributed by atoms with Crippen molar-refractivity contribution >= 4 is 39.0 Å². The number of fused-ring (bicyclic) bond motifs is 13. The lowest BCUT2D eigenvalue weighted by Crippen LogP contribution is -2.26. The van der Waals surface area contributed by atoms with Gasteiger partial charge in [0.05, 0.1) is 5.41 Å². The predicted octanol–water partition coefficient (Wildman–Crippen LogP) is 14.7. The summed E-state index contributed by atoms with van der Waals surface area (Å²) in [6.07, 6.45) is 0. The number of hydrogen-bond donors (Lipinski definition) is 0. The third-order valence-electron chi connectivity index (χ3n) is 12.3. The molecule has 10 aromatic rings. The van der Waals surface area contributed by atoms with Crippen molar-refractivity contribution in [2.45, 2.75) is 5.41 Å². The third-order valence-corrected chi connectivity index (χ3v) is 12.3. The number of benzene rings is 9. The standard InChI is InChI=1S/C55H35NO/c1-2-13-36(14-3-1)38-15-12-16-41(33-38)56(40-28-25-37(26-29-40)39-27-32-54-48(34-39)47-20-7-11-24-53(47)57-54)42-30-31-46-45-19-6-10-23-51(45)55(52(46)35-42)49-21-8-4-17-43(49)44-18-5-9-22-50(44)55/h1-35H. The van der Waals surface area contributed by atoms with Crippen LogP contribution in [0.2, 0.25) is 0 Å². The Hall–Kier alpha value is -7.42. The van der Waals surface area contributed by atoms with Gasteiger partial charge in [0.25, 0.3) is 0 Å². The Bertz CT molecular complexity index is 3130. The van der Waals surface area contributed by atoms with Crippen LogP contribution >= 0.6 is 0 Å². The first-order chi connectivity index (χ1) is 28.3. The van der Waals surface area contributed by atoms with Gasteiger partial charge in [-0.2, -0.15) is 0 Å². The van der Waals surface area contributed by atoms with E-state index in [2.05, 4.69) is 205 Å². The summed E-state index contributed by atoms with van der Waals surface area (Å²) < 4.78 is 6.15. The summed E-state index contributed by atoms with van der Waals surface area (Å²) in [5.41, 5.74) is 20.0. The molecule has 1 aromatic heterocycles. The van der Waals surface area contributed by atoms with Crippen LogP contribution < -0.4 is 4.90 Å². The van der Waals surface area contributed by atoms with Crippen LogP contribution in [0.3, 0.4) is 0 Å². The van der Waals surface area contributed by atoms with Gasteiger partial charge in [0.2, 0.25) is 0 Å². The summed E-state index contributed by atoms with van der Waals surface area (Å²) in [5.74, 6) is 0. The molecule has 9 aromatic carbocycles. The first kappa shape index (κ1) is 31.9. The smallest absolute Gasteiger partial charge is 0.135 e. The minimum absolute atomic E-state index is 0.424. The molecule has 2 aliphatic rings. The Balaban J connectivity index is 1.05. The van der Waals surface area contributed by atoms with Crippen LogP contribution in [0.15, 0.2) is 217 Å². The van der Waals surface area contributed by atoms with Crippen molar-refractivity contribution < 1.29 is 4.42 Å². The monoisotopic (exact) mass is 725 g/mol. The van der Waals surface area contributed by atoms with Crippen LogP contribution in [0.25, 0.3) is 66.4 Å². The second kappa shape index (κ2) is 12.3. The largest absolute Gasteiger partial charge is 0.456 e. The van der Waals surface area contributed by atoms with E-state index in [1.54, 1.807) is 0 Å². The van der Waals surface area contributed by atoms with Crippen LogP contribution in [0.4, 0.5) is 17.1 Å². The van der Waals surface area contributed by atoms with Gasteiger partial charge in [-0.1, -0.05) is 158 Å². The SMILES string of the molecule is c1ccc(-c2cccc(N(c3ccc(-c4ccc5oc6ccccc6c5c4)cc3)c3ccc4c(c3)C3(c5ccccc5-c5ccccc53)c3ccccc3-4)c2)cc1. The summed E-state index contributed by atoms with van der Waals surface area (Å²) >= 11 is 0. The van der Waals surface area contributed by atoms with Gasteiger partial charge in [-0.15, -0.1) is 0 Å². The number of para-hydroxylation sites is 1. The van der Waals surface area contributed by atoms with Crippen molar-refractivity contribution in [3.63, 3.8) is 0 Å². The van der Waals surface area contributed by atoms with Crippen molar-refractivity contribution in [2.75, 3.05) is 4.90 Å². The summed E-state index contributed by atoms with van der Waals surface area (Å²) in [7, 11) is 0. The zero-order valence-corrected chi connectivity index (χ0v) is 31.1. The van der Waals surface area contributed by atoms with Crippen LogP contribution in [0.1, 0.15) is 22.3 Å². The van der Waals surface area contributed by atoms with Crippen molar-refractivity contribution in [2.24, 2.45) is 0 Å². The summed E-state index contributed by atoms with van der Waals surface area (Å²) in [6, 6.07) is 77.6. The van der Waals surface area contributed by atoms with E-state index in [1.165, 1.54) is 55.6 Å². The zero-order chi connectivity index (χ0) is 37.5. The Morgan fingerprint density at radius 1 is 0.298 bits per heavy atom. The molecule has 2 heteroatoms. The molecular formula is C55H35NO. The van der Waals surface area contributed by atoms with Crippen LogP contribution in [0.5, 0.6) is 0 Å². The molecule has 12 rings (SSSR count). The Morgan fingerprint density at radius 2 is 0.807 bits per heavy atom. The van der Waals surface area contributed by atoms with E-state index in [0.29, 0.717) is 0 Å². The van der Waals surface area contributed by atoms with Gasteiger partial charge in [0.1, 0.15) is 11.2 Å². The summed E-state index contributed by atoms with van der Waals surface area (Å²) in [4.78, 5) is 2.42. The highest BCUT2D eigenvalue weighted by Gasteiger charge is 2.51. The molecule has 266 valence electrons. The lowest BCUT2D eigenvalue weighted by Gasteiger charge is -2.32. The predicted molar refractivity (Wildman–Crippen MR) is 236 cm³/mol. The maximum atomic E-state index is 6.15. The van der Waals surface area contributed by atoms with E-state index in [0.717, 1.165) is 50.1 Å². The number of hydrogen-bond acceptors (Lipinski definition) is 2. The Kier molecular flexibility index (Phi) is 6.88. The van der Waals surface area contributed by atoms with Crippen LogP contribution in [0, 0.1) is 0 Å².